The van der Waals surface area contributed by atoms with Crippen molar-refractivity contribution in [1.82, 2.24) is 10.3 Å². The highest BCUT2D eigenvalue weighted by Crippen LogP contribution is 2.44. The molecule has 3 aromatic rings. The Bertz CT molecular complexity index is 1180. The fourth-order valence-corrected chi connectivity index (χ4v) is 4.12. The Morgan fingerprint density at radius 1 is 1.00 bits per heavy atom. The molecule has 1 heterocycles. The number of amides is 2. The number of aliphatic carboxylic acids is 1. The van der Waals surface area contributed by atoms with Crippen LogP contribution < -0.4 is 10.6 Å². The molecule has 0 radical (unpaired) electrons. The number of hydrogen-bond donors (Lipinski definition) is 3. The van der Waals surface area contributed by atoms with Gasteiger partial charge in [0.05, 0.1) is 30.6 Å². The van der Waals surface area contributed by atoms with Crippen LogP contribution >= 0.6 is 0 Å². The monoisotopic (exact) mass is 475 g/mol. The van der Waals surface area contributed by atoms with Crippen molar-refractivity contribution in [3.63, 3.8) is 0 Å². The zero-order chi connectivity index (χ0) is 24.8. The van der Waals surface area contributed by atoms with E-state index >= 15 is 0 Å². The number of hydrogen-bond acceptors (Lipinski definition) is 6. The van der Waals surface area contributed by atoms with E-state index in [9.17, 15) is 14.4 Å². The molecule has 3 N–H and O–H groups in total. The predicted molar refractivity (Wildman–Crippen MR) is 128 cm³/mol. The van der Waals surface area contributed by atoms with Crippen molar-refractivity contribution in [2.24, 2.45) is 0 Å². The molecule has 1 atom stereocenters. The maximum absolute atomic E-state index is 12.7. The normalized spacial score (nSPS) is 12.8. The molecule has 9 heteroatoms. The van der Waals surface area contributed by atoms with Gasteiger partial charge in [0.1, 0.15) is 12.6 Å². The summed E-state index contributed by atoms with van der Waals surface area (Å²) < 4.78 is 10.6. The van der Waals surface area contributed by atoms with Crippen molar-refractivity contribution in [2.45, 2.75) is 18.4 Å². The van der Waals surface area contributed by atoms with E-state index in [0.29, 0.717) is 11.4 Å². The summed E-state index contributed by atoms with van der Waals surface area (Å²) in [4.78, 5) is 40.1. The number of anilines is 1. The van der Waals surface area contributed by atoms with E-state index in [1.54, 1.807) is 6.07 Å². The van der Waals surface area contributed by atoms with E-state index < -0.39 is 24.0 Å². The van der Waals surface area contributed by atoms with Crippen molar-refractivity contribution in [2.75, 3.05) is 25.6 Å². The number of fused-ring (bicyclic) bond motifs is 3. The first-order valence-electron chi connectivity index (χ1n) is 11.0. The smallest absolute Gasteiger partial charge is 0.407 e. The molecule has 1 aromatic heterocycles. The van der Waals surface area contributed by atoms with Crippen LogP contribution in [-0.4, -0.2) is 54.4 Å². The molecule has 9 nitrogen and oxygen atoms in total. The maximum atomic E-state index is 12.7. The minimum absolute atomic E-state index is 0.0689. The Labute approximate surface area is 202 Å². The zero-order valence-corrected chi connectivity index (χ0v) is 19.1. The Hall–Kier alpha value is -4.24. The van der Waals surface area contributed by atoms with E-state index in [2.05, 4.69) is 27.8 Å². The molecule has 35 heavy (non-hydrogen) atoms. The van der Waals surface area contributed by atoms with Crippen LogP contribution in [0.4, 0.5) is 10.5 Å². The summed E-state index contributed by atoms with van der Waals surface area (Å²) in [6.07, 6.45) is 0.399. The number of benzene rings is 2. The van der Waals surface area contributed by atoms with Gasteiger partial charge in [-0.2, -0.15) is 0 Å². The lowest BCUT2D eigenvalue weighted by atomic mass is 9.98. The van der Waals surface area contributed by atoms with Gasteiger partial charge in [0.15, 0.2) is 0 Å². The molecule has 180 valence electrons. The van der Waals surface area contributed by atoms with Crippen molar-refractivity contribution in [3.05, 3.63) is 83.7 Å². The van der Waals surface area contributed by atoms with E-state index in [1.165, 1.54) is 19.4 Å². The lowest BCUT2D eigenvalue weighted by molar-refractivity contribution is -0.136. The molecular weight excluding hydrogens is 450 g/mol. The van der Waals surface area contributed by atoms with E-state index in [1.807, 2.05) is 36.4 Å². The number of nitrogens with one attached hydrogen (secondary N) is 2. The van der Waals surface area contributed by atoms with Crippen molar-refractivity contribution in [1.29, 1.82) is 0 Å². The van der Waals surface area contributed by atoms with E-state index in [4.69, 9.17) is 14.6 Å². The molecule has 2 aromatic carbocycles. The number of ether oxygens (including phenoxy) is 2. The second-order valence-electron chi connectivity index (χ2n) is 8.08. The third kappa shape index (κ3) is 5.64. The average molecular weight is 476 g/mol. The zero-order valence-electron chi connectivity index (χ0n) is 19.1. The molecule has 0 unspecified atom stereocenters. The van der Waals surface area contributed by atoms with Crippen LogP contribution in [0.25, 0.3) is 11.1 Å². The van der Waals surface area contributed by atoms with Gasteiger partial charge in [-0.3, -0.25) is 14.6 Å². The summed E-state index contributed by atoms with van der Waals surface area (Å²) in [5.74, 6) is -1.62. The minimum Gasteiger partial charge on any atom is -0.481 e. The number of carbonyl (C=O) groups is 3. The molecule has 0 spiro atoms. The lowest BCUT2D eigenvalue weighted by Gasteiger charge is -2.19. The largest absolute Gasteiger partial charge is 0.481 e. The van der Waals surface area contributed by atoms with Gasteiger partial charge in [-0.1, -0.05) is 48.5 Å². The van der Waals surface area contributed by atoms with Crippen LogP contribution in [0.2, 0.25) is 0 Å². The Balaban J connectivity index is 1.37. The summed E-state index contributed by atoms with van der Waals surface area (Å²) in [6.45, 7) is 0.0523. The third-order valence-electron chi connectivity index (χ3n) is 5.71. The average Bonchev–Trinajstić information content (AvgIpc) is 3.17. The first-order valence-corrected chi connectivity index (χ1v) is 11.0. The summed E-state index contributed by atoms with van der Waals surface area (Å²) in [5.41, 5.74) is 5.15. The van der Waals surface area contributed by atoms with Gasteiger partial charge in [-0.15, -0.1) is 0 Å². The van der Waals surface area contributed by atoms with Gasteiger partial charge < -0.3 is 25.2 Å². The molecule has 4 rings (SSSR count). The lowest BCUT2D eigenvalue weighted by Crippen LogP contribution is -2.47. The molecule has 0 saturated carbocycles. The first-order chi connectivity index (χ1) is 17.0. The van der Waals surface area contributed by atoms with Crippen molar-refractivity contribution in [3.8, 4) is 11.1 Å². The number of rotatable bonds is 9. The third-order valence-corrected chi connectivity index (χ3v) is 5.71. The molecule has 2 amide bonds. The van der Waals surface area contributed by atoms with Crippen LogP contribution in [0.15, 0.2) is 66.9 Å². The van der Waals surface area contributed by atoms with E-state index in [-0.39, 0.29) is 25.6 Å². The second kappa shape index (κ2) is 10.8. The number of alkyl carbamates (subject to hydrolysis) is 1. The predicted octanol–water partition coefficient (Wildman–Crippen LogP) is 3.20. The van der Waals surface area contributed by atoms with Crippen molar-refractivity contribution >= 4 is 23.7 Å². The molecule has 1 aliphatic carbocycles. The Morgan fingerprint density at radius 2 is 1.66 bits per heavy atom. The van der Waals surface area contributed by atoms with E-state index in [0.717, 1.165) is 22.3 Å². The van der Waals surface area contributed by atoms with Crippen LogP contribution in [0.5, 0.6) is 0 Å². The summed E-state index contributed by atoms with van der Waals surface area (Å²) in [6, 6.07) is 18.1. The first kappa shape index (κ1) is 23.9. The molecule has 1 aliphatic rings. The quantitative estimate of drug-likeness (QED) is 0.434. The minimum atomic E-state index is -1.01. The Morgan fingerprint density at radius 3 is 2.23 bits per heavy atom. The number of methoxy groups -OCH3 is 1. The Kier molecular flexibility index (Phi) is 7.37. The topological polar surface area (TPSA) is 127 Å². The van der Waals surface area contributed by atoms with Crippen LogP contribution in [0, 0.1) is 0 Å². The van der Waals surface area contributed by atoms with Crippen LogP contribution in [0.1, 0.15) is 22.7 Å². The molecule has 0 aliphatic heterocycles. The fraction of sp³-hybridized carbons (Fsp3) is 0.231. The van der Waals surface area contributed by atoms with Gasteiger partial charge in [0.25, 0.3) is 0 Å². The second-order valence-corrected chi connectivity index (χ2v) is 8.08. The SMILES string of the molecule is COC[C@H](NC(=O)OCC1c2ccccc2-c2ccccc21)C(=O)Nc1ccc(CC(=O)O)nc1. The molecule has 0 saturated heterocycles. The number of nitrogens with zero attached hydrogens (tertiary/aromatic N) is 1. The summed E-state index contributed by atoms with van der Waals surface area (Å²) in [5, 5.41) is 14.0. The fourth-order valence-electron chi connectivity index (χ4n) is 4.12. The van der Waals surface area contributed by atoms with Crippen LogP contribution in [0.3, 0.4) is 0 Å². The maximum Gasteiger partial charge on any atom is 0.407 e. The highest BCUT2D eigenvalue weighted by atomic mass is 16.5. The number of carboxylic acids is 1. The molecule has 0 fully saturated rings. The standard InChI is InChI=1S/C26H25N3O6/c1-34-15-23(25(32)28-17-11-10-16(27-13-17)12-24(30)31)29-26(33)35-14-22-20-8-4-2-6-18(20)19-7-3-5-9-21(19)22/h2-11,13,22-23H,12,14-15H2,1H3,(H,28,32)(H,29,33)(H,30,31)/t23-/m0/s1. The van der Waals surface area contributed by atoms with Gasteiger partial charge in [0, 0.05) is 13.0 Å². The van der Waals surface area contributed by atoms with Crippen molar-refractivity contribution < 1.29 is 29.0 Å². The summed E-state index contributed by atoms with van der Waals surface area (Å²) in [7, 11) is 1.42. The van der Waals surface area contributed by atoms with Crippen LogP contribution in [-0.2, 0) is 25.5 Å². The number of pyridine rings is 1. The van der Waals surface area contributed by atoms with Gasteiger partial charge >= 0.3 is 12.1 Å². The van der Waals surface area contributed by atoms with Gasteiger partial charge in [0.2, 0.25) is 5.91 Å². The summed E-state index contributed by atoms with van der Waals surface area (Å²) >= 11 is 0. The van der Waals surface area contributed by atoms with Gasteiger partial charge in [-0.05, 0) is 34.4 Å². The molecule has 0 bridgehead atoms. The van der Waals surface area contributed by atoms with Gasteiger partial charge in [-0.25, -0.2) is 4.79 Å². The highest BCUT2D eigenvalue weighted by Gasteiger charge is 2.29. The molecular formula is C26H25N3O6. The number of carboxylic acid groups (broad SMARTS) is 1. The number of aromatic nitrogens is 1. The highest BCUT2D eigenvalue weighted by molar-refractivity contribution is 5.96. The number of carbonyl (C=O) groups excluding carboxylic acids is 2.